The Morgan fingerprint density at radius 2 is 2.04 bits per heavy atom. The van der Waals surface area contributed by atoms with Crippen molar-refractivity contribution in [1.29, 1.82) is 0 Å². The number of ketones is 1. The largest absolute Gasteiger partial charge is 0.507 e. The van der Waals surface area contributed by atoms with Crippen LogP contribution >= 0.6 is 0 Å². The Hall–Kier alpha value is -2.90. The number of aryl methyl sites for hydroxylation is 2. The fourth-order valence-corrected chi connectivity index (χ4v) is 2.79. The van der Waals surface area contributed by atoms with E-state index in [1.54, 1.807) is 12.1 Å². The molecule has 126 valence electrons. The van der Waals surface area contributed by atoms with Crippen molar-refractivity contribution in [2.24, 2.45) is 0 Å². The van der Waals surface area contributed by atoms with Crippen LogP contribution in [0, 0.1) is 6.92 Å². The van der Waals surface area contributed by atoms with Gasteiger partial charge < -0.3 is 9.84 Å². The van der Waals surface area contributed by atoms with Crippen LogP contribution in [0.2, 0.25) is 0 Å². The summed E-state index contributed by atoms with van der Waals surface area (Å²) in [5, 5.41) is 13.0. The number of ether oxygens (including phenoxy) is 1. The molecule has 0 unspecified atom stereocenters. The van der Waals surface area contributed by atoms with Crippen molar-refractivity contribution in [3.05, 3.63) is 51.7 Å². The first kappa shape index (κ1) is 16.0. The summed E-state index contributed by atoms with van der Waals surface area (Å²) in [6, 6.07) is 7.06. The van der Waals surface area contributed by atoms with Gasteiger partial charge in [0.25, 0.3) is 0 Å². The molecular formula is C16H17N3O5. The van der Waals surface area contributed by atoms with Crippen LogP contribution in [0.4, 0.5) is 4.79 Å². The number of nitrogens with zero attached hydrogens (tertiary/aromatic N) is 3. The predicted molar refractivity (Wildman–Crippen MR) is 83.1 cm³/mol. The molecule has 8 nitrogen and oxygen atoms in total. The highest BCUT2D eigenvalue weighted by Crippen LogP contribution is 2.22. The lowest BCUT2D eigenvalue weighted by atomic mass is 10.1. The van der Waals surface area contributed by atoms with Crippen molar-refractivity contribution in [2.75, 3.05) is 0 Å². The number of rotatable bonds is 4. The average Bonchev–Trinajstić information content (AvgIpc) is 2.84. The molecule has 1 atom stereocenters. The first-order chi connectivity index (χ1) is 11.5. The zero-order valence-electron chi connectivity index (χ0n) is 13.1. The topological polar surface area (TPSA) is 103 Å². The van der Waals surface area contributed by atoms with E-state index in [2.05, 4.69) is 5.10 Å². The standard InChI is InChI=1S/C16H17N3O5/c1-10-5-7-11(8-6-10)12(20)9-18-15(21)19-13(17-18)3-2-4-14(19)24-16(22)23/h5-8,14H,2-4,9H2,1H3,(H,22,23)/t14-/m0/s1. The zero-order valence-corrected chi connectivity index (χ0v) is 13.1. The highest BCUT2D eigenvalue weighted by molar-refractivity contribution is 5.95. The molecule has 0 radical (unpaired) electrons. The third-order valence-corrected chi connectivity index (χ3v) is 3.98. The normalized spacial score (nSPS) is 16.5. The van der Waals surface area contributed by atoms with Gasteiger partial charge >= 0.3 is 11.8 Å². The zero-order chi connectivity index (χ0) is 17.3. The van der Waals surface area contributed by atoms with Crippen LogP contribution in [0.5, 0.6) is 0 Å². The molecule has 1 aliphatic rings. The fourth-order valence-electron chi connectivity index (χ4n) is 2.79. The molecule has 2 heterocycles. The van der Waals surface area contributed by atoms with Crippen LogP contribution in [-0.2, 0) is 17.7 Å². The number of Topliss-reactive ketones (excluding diaryl/α,β-unsaturated/α-hetero) is 1. The van der Waals surface area contributed by atoms with Crippen LogP contribution in [0.15, 0.2) is 29.1 Å². The van der Waals surface area contributed by atoms with Gasteiger partial charge in [0.2, 0.25) is 0 Å². The number of fused-ring (bicyclic) bond motifs is 1. The van der Waals surface area contributed by atoms with E-state index in [1.165, 1.54) is 4.57 Å². The van der Waals surface area contributed by atoms with Gasteiger partial charge in [-0.2, -0.15) is 5.10 Å². The van der Waals surface area contributed by atoms with E-state index in [-0.39, 0.29) is 12.3 Å². The summed E-state index contributed by atoms with van der Waals surface area (Å²) in [7, 11) is 0. The molecule has 0 aliphatic carbocycles. The third-order valence-electron chi connectivity index (χ3n) is 3.98. The van der Waals surface area contributed by atoms with Gasteiger partial charge in [-0.3, -0.25) is 4.79 Å². The summed E-state index contributed by atoms with van der Waals surface area (Å²) in [6.07, 6.45) is -0.706. The maximum absolute atomic E-state index is 12.5. The molecule has 3 rings (SSSR count). The lowest BCUT2D eigenvalue weighted by molar-refractivity contribution is 0.00387. The average molecular weight is 331 g/mol. The summed E-state index contributed by atoms with van der Waals surface area (Å²) in [6.45, 7) is 1.73. The van der Waals surface area contributed by atoms with E-state index in [0.29, 0.717) is 30.7 Å². The molecule has 1 aliphatic heterocycles. The van der Waals surface area contributed by atoms with Crippen molar-refractivity contribution in [3.8, 4) is 0 Å². The Morgan fingerprint density at radius 3 is 2.71 bits per heavy atom. The Balaban J connectivity index is 1.86. The van der Waals surface area contributed by atoms with Gasteiger partial charge in [0.1, 0.15) is 12.4 Å². The summed E-state index contributed by atoms with van der Waals surface area (Å²) in [5.41, 5.74) is 1.00. The van der Waals surface area contributed by atoms with Gasteiger partial charge in [-0.1, -0.05) is 29.8 Å². The Kier molecular flexibility index (Phi) is 4.20. The number of benzene rings is 1. The van der Waals surface area contributed by atoms with Crippen LogP contribution in [-0.4, -0.2) is 31.4 Å². The number of carbonyl (C=O) groups excluding carboxylic acids is 1. The van der Waals surface area contributed by atoms with E-state index in [4.69, 9.17) is 9.84 Å². The van der Waals surface area contributed by atoms with Crippen molar-refractivity contribution in [1.82, 2.24) is 14.3 Å². The molecule has 0 saturated heterocycles. The first-order valence-electron chi connectivity index (χ1n) is 7.63. The predicted octanol–water partition coefficient (Wildman–Crippen LogP) is 1.77. The second-order valence-electron chi connectivity index (χ2n) is 5.75. The minimum atomic E-state index is -1.44. The maximum atomic E-state index is 12.5. The fraction of sp³-hybridized carbons (Fsp3) is 0.375. The molecule has 0 bridgehead atoms. The summed E-state index contributed by atoms with van der Waals surface area (Å²) in [4.78, 5) is 35.5. The van der Waals surface area contributed by atoms with Crippen LogP contribution in [0.25, 0.3) is 0 Å². The second kappa shape index (κ2) is 6.31. The molecule has 8 heteroatoms. The van der Waals surface area contributed by atoms with E-state index in [1.807, 2.05) is 19.1 Å². The Labute approximate surface area is 137 Å². The third kappa shape index (κ3) is 3.08. The summed E-state index contributed by atoms with van der Waals surface area (Å²) < 4.78 is 7.05. The van der Waals surface area contributed by atoms with E-state index in [9.17, 15) is 14.4 Å². The van der Waals surface area contributed by atoms with Gasteiger partial charge in [-0.05, 0) is 13.3 Å². The summed E-state index contributed by atoms with van der Waals surface area (Å²) >= 11 is 0. The number of hydrogen-bond acceptors (Lipinski definition) is 5. The van der Waals surface area contributed by atoms with E-state index >= 15 is 0 Å². The van der Waals surface area contributed by atoms with Gasteiger partial charge in [0.15, 0.2) is 12.0 Å². The maximum Gasteiger partial charge on any atom is 0.507 e. The van der Waals surface area contributed by atoms with Crippen LogP contribution in [0.3, 0.4) is 0 Å². The molecule has 0 spiro atoms. The SMILES string of the molecule is Cc1ccc(C(=O)Cn2nc3n(c2=O)[C@@H](OC(=O)O)CCC3)cc1. The highest BCUT2D eigenvalue weighted by Gasteiger charge is 2.28. The van der Waals surface area contributed by atoms with Gasteiger partial charge in [-0.15, -0.1) is 0 Å². The van der Waals surface area contributed by atoms with E-state index < -0.39 is 18.1 Å². The molecule has 1 aromatic heterocycles. The minimum absolute atomic E-state index is 0.193. The van der Waals surface area contributed by atoms with Gasteiger partial charge in [-0.25, -0.2) is 18.8 Å². The van der Waals surface area contributed by atoms with Crippen molar-refractivity contribution >= 4 is 11.9 Å². The second-order valence-corrected chi connectivity index (χ2v) is 5.75. The molecule has 0 fully saturated rings. The van der Waals surface area contributed by atoms with Crippen LogP contribution < -0.4 is 5.69 Å². The van der Waals surface area contributed by atoms with E-state index in [0.717, 1.165) is 10.2 Å². The molecule has 0 saturated carbocycles. The highest BCUT2D eigenvalue weighted by atomic mass is 16.7. The molecule has 0 amide bonds. The quantitative estimate of drug-likeness (QED) is 0.676. The molecule has 24 heavy (non-hydrogen) atoms. The number of carboxylic acid groups (broad SMARTS) is 1. The van der Waals surface area contributed by atoms with Crippen LogP contribution in [0.1, 0.15) is 40.8 Å². The van der Waals surface area contributed by atoms with Crippen molar-refractivity contribution < 1.29 is 19.4 Å². The molecule has 2 aromatic rings. The van der Waals surface area contributed by atoms with Gasteiger partial charge in [0.05, 0.1) is 0 Å². The minimum Gasteiger partial charge on any atom is -0.450 e. The monoisotopic (exact) mass is 331 g/mol. The van der Waals surface area contributed by atoms with Crippen molar-refractivity contribution in [2.45, 2.75) is 39.0 Å². The molecule has 1 N–H and O–H groups in total. The smallest absolute Gasteiger partial charge is 0.450 e. The number of hydrogen-bond donors (Lipinski definition) is 1. The lowest BCUT2D eigenvalue weighted by Crippen LogP contribution is -2.33. The lowest BCUT2D eigenvalue weighted by Gasteiger charge is -2.21. The first-order valence-corrected chi connectivity index (χ1v) is 7.63. The number of aromatic nitrogens is 3. The summed E-state index contributed by atoms with van der Waals surface area (Å²) in [5.74, 6) is 0.206. The molecule has 1 aromatic carbocycles. The van der Waals surface area contributed by atoms with Gasteiger partial charge in [0, 0.05) is 18.4 Å². The number of carbonyl (C=O) groups is 2. The van der Waals surface area contributed by atoms with Crippen molar-refractivity contribution in [3.63, 3.8) is 0 Å². The Morgan fingerprint density at radius 1 is 1.33 bits per heavy atom. The molecular weight excluding hydrogens is 314 g/mol. The Bertz CT molecular complexity index is 834.